The zero-order valence-corrected chi connectivity index (χ0v) is 20.7. The monoisotopic (exact) mass is 529 g/mol. The fourth-order valence-electron chi connectivity index (χ4n) is 5.15. The van der Waals surface area contributed by atoms with Gasteiger partial charge in [-0.05, 0) is 116 Å². The molecular weight excluding hydrogens is 501 g/mol. The van der Waals surface area contributed by atoms with Crippen LogP contribution in [0, 0.1) is 14.0 Å². The molecule has 0 radical (unpaired) electrons. The van der Waals surface area contributed by atoms with Crippen LogP contribution in [0.25, 0.3) is 17.7 Å². The third-order valence-electron chi connectivity index (χ3n) is 6.79. The molecule has 0 aromatic heterocycles. The Kier molecular flexibility index (Phi) is 6.40. The molecule has 3 aromatic carbocycles. The van der Waals surface area contributed by atoms with Gasteiger partial charge in [0.25, 0.3) is 0 Å². The molecule has 0 amide bonds. The Hall–Kier alpha value is -2.46. The Morgan fingerprint density at radius 2 is 1.72 bits per heavy atom. The molecule has 160 valence electrons. The van der Waals surface area contributed by atoms with Crippen molar-refractivity contribution in [1.29, 1.82) is 0 Å². The van der Waals surface area contributed by atoms with Gasteiger partial charge >= 0.3 is 0 Å². The third kappa shape index (κ3) is 4.25. The van der Waals surface area contributed by atoms with Crippen molar-refractivity contribution in [3.8, 4) is 0 Å². The highest BCUT2D eigenvalue weighted by Crippen LogP contribution is 2.22. The highest BCUT2D eigenvalue weighted by atomic mass is 127. The highest BCUT2D eigenvalue weighted by molar-refractivity contribution is 14.1. The molecule has 0 atom stereocenters. The van der Waals surface area contributed by atoms with Crippen molar-refractivity contribution in [2.75, 3.05) is 0 Å². The standard InChI is InChI=1S/C20H19I.C10H9N/c1-2-13-4-3-5-18-16(13)10-11-19-17-9-7-15(21)12-14(17)6-8-20(18)19;1-2-4-10-6-8-11-7-5-9(10)3-1/h6-7,9-12H,2-5,8H2,1H3;1-5,7-8H,6H2. The second kappa shape index (κ2) is 9.58. The summed E-state index contributed by atoms with van der Waals surface area (Å²) in [6, 6.07) is 19.9. The van der Waals surface area contributed by atoms with Crippen LogP contribution in [-0.4, -0.2) is 6.21 Å². The molecule has 0 saturated heterocycles. The van der Waals surface area contributed by atoms with E-state index in [1.54, 1.807) is 21.9 Å². The number of nitrogens with zero attached hydrogens (tertiary/aromatic N) is 1. The van der Waals surface area contributed by atoms with Crippen LogP contribution < -0.4 is 10.4 Å². The summed E-state index contributed by atoms with van der Waals surface area (Å²) in [7, 11) is 0. The number of aliphatic imine (C=N–C) groups is 1. The van der Waals surface area contributed by atoms with Gasteiger partial charge in [0.1, 0.15) is 0 Å². The van der Waals surface area contributed by atoms with E-state index in [0.717, 1.165) is 12.8 Å². The second-order valence-electron chi connectivity index (χ2n) is 8.62. The summed E-state index contributed by atoms with van der Waals surface area (Å²) in [5, 5.41) is 5.86. The predicted octanol–water partition coefficient (Wildman–Crippen LogP) is 6.10. The molecule has 0 saturated carbocycles. The molecule has 1 aliphatic heterocycles. The molecule has 0 fully saturated rings. The fraction of sp³-hybridized carbons (Fsp3) is 0.233. The molecule has 0 bridgehead atoms. The predicted molar refractivity (Wildman–Crippen MR) is 145 cm³/mol. The minimum atomic E-state index is 0.948. The zero-order chi connectivity index (χ0) is 21.9. The molecule has 2 heteroatoms. The number of rotatable bonds is 1. The summed E-state index contributed by atoms with van der Waals surface area (Å²) < 4.78 is 1.32. The van der Waals surface area contributed by atoms with Gasteiger partial charge in [0.2, 0.25) is 0 Å². The molecule has 3 aromatic rings. The van der Waals surface area contributed by atoms with Crippen LogP contribution in [0.3, 0.4) is 0 Å². The Morgan fingerprint density at radius 1 is 0.875 bits per heavy atom. The van der Waals surface area contributed by atoms with Crippen molar-refractivity contribution >= 4 is 46.5 Å². The van der Waals surface area contributed by atoms with Crippen LogP contribution in [0.15, 0.2) is 65.8 Å². The van der Waals surface area contributed by atoms with E-state index in [-0.39, 0.29) is 0 Å². The summed E-state index contributed by atoms with van der Waals surface area (Å²) >= 11 is 2.40. The summed E-state index contributed by atoms with van der Waals surface area (Å²) in [6.07, 6.45) is 15.4. The topological polar surface area (TPSA) is 12.4 Å². The zero-order valence-electron chi connectivity index (χ0n) is 18.6. The lowest BCUT2D eigenvalue weighted by atomic mass is 9.85. The van der Waals surface area contributed by atoms with E-state index in [9.17, 15) is 0 Å². The van der Waals surface area contributed by atoms with Gasteiger partial charge in [0.05, 0.1) is 0 Å². The highest BCUT2D eigenvalue weighted by Gasteiger charge is 2.14. The molecular formula is C30H28IN. The Balaban J connectivity index is 0.000000165. The van der Waals surface area contributed by atoms with Gasteiger partial charge in [-0.3, -0.25) is 4.99 Å². The minimum absolute atomic E-state index is 0.948. The van der Waals surface area contributed by atoms with Gasteiger partial charge < -0.3 is 0 Å². The number of fused-ring (bicyclic) bond motifs is 5. The number of hydrogen-bond donors (Lipinski definition) is 0. The van der Waals surface area contributed by atoms with Crippen molar-refractivity contribution in [1.82, 2.24) is 0 Å². The average Bonchev–Trinajstić information content (AvgIpc) is 3.09. The van der Waals surface area contributed by atoms with Gasteiger partial charge in [-0.25, -0.2) is 0 Å². The SMILES string of the molecule is C1=Cc2ccccc2CC=N1.CCC1=c2ccc3c(c2CCC1)CC=c1cc(I)ccc1=3. The lowest BCUT2D eigenvalue weighted by Crippen LogP contribution is -2.22. The fourth-order valence-corrected chi connectivity index (χ4v) is 5.67. The first-order chi connectivity index (χ1) is 15.7. The van der Waals surface area contributed by atoms with Gasteiger partial charge in [-0.2, -0.15) is 0 Å². The second-order valence-corrected chi connectivity index (χ2v) is 9.86. The quantitative estimate of drug-likeness (QED) is 0.338. The van der Waals surface area contributed by atoms with Crippen LogP contribution in [-0.2, 0) is 19.3 Å². The van der Waals surface area contributed by atoms with E-state index < -0.39 is 0 Å². The van der Waals surface area contributed by atoms with E-state index in [4.69, 9.17) is 0 Å². The van der Waals surface area contributed by atoms with Gasteiger partial charge in [0.15, 0.2) is 0 Å². The van der Waals surface area contributed by atoms with Gasteiger partial charge in [-0.1, -0.05) is 61.0 Å². The first-order valence-corrected chi connectivity index (χ1v) is 12.7. The smallest absolute Gasteiger partial charge is 0.0270 e. The van der Waals surface area contributed by atoms with E-state index in [1.165, 1.54) is 56.0 Å². The summed E-state index contributed by atoms with van der Waals surface area (Å²) in [5.74, 6) is 0. The molecule has 0 N–H and O–H groups in total. The number of hydrogen-bond acceptors (Lipinski definition) is 1. The molecule has 3 aliphatic rings. The maximum absolute atomic E-state index is 4.08. The number of halogens is 1. The van der Waals surface area contributed by atoms with Gasteiger partial charge in [-0.15, -0.1) is 0 Å². The van der Waals surface area contributed by atoms with Crippen molar-refractivity contribution in [3.05, 3.63) is 107 Å². The molecule has 2 aliphatic carbocycles. The molecule has 0 unspecified atom stereocenters. The van der Waals surface area contributed by atoms with Crippen LogP contribution in [0.4, 0.5) is 0 Å². The van der Waals surface area contributed by atoms with Crippen LogP contribution in [0.2, 0.25) is 0 Å². The maximum atomic E-state index is 4.08. The van der Waals surface area contributed by atoms with Crippen molar-refractivity contribution in [3.63, 3.8) is 0 Å². The lowest BCUT2D eigenvalue weighted by molar-refractivity contribution is 0.791. The summed E-state index contributed by atoms with van der Waals surface area (Å²) in [5.41, 5.74) is 7.52. The average molecular weight is 529 g/mol. The van der Waals surface area contributed by atoms with Gasteiger partial charge in [0, 0.05) is 22.4 Å². The van der Waals surface area contributed by atoms with Crippen molar-refractivity contribution in [2.45, 2.75) is 45.4 Å². The lowest BCUT2D eigenvalue weighted by Gasteiger charge is -2.20. The van der Waals surface area contributed by atoms with Crippen LogP contribution in [0.5, 0.6) is 0 Å². The Labute approximate surface area is 203 Å². The largest absolute Gasteiger partial charge is 0.269 e. The molecule has 32 heavy (non-hydrogen) atoms. The minimum Gasteiger partial charge on any atom is -0.269 e. The normalized spacial score (nSPS) is 15.2. The van der Waals surface area contributed by atoms with E-state index >= 15 is 0 Å². The Morgan fingerprint density at radius 3 is 2.62 bits per heavy atom. The van der Waals surface area contributed by atoms with Crippen LogP contribution in [0.1, 0.15) is 48.4 Å². The third-order valence-corrected chi connectivity index (χ3v) is 7.46. The molecule has 1 heterocycles. The first-order valence-electron chi connectivity index (χ1n) is 11.6. The summed E-state index contributed by atoms with van der Waals surface area (Å²) in [4.78, 5) is 4.08. The number of benzene rings is 3. The van der Waals surface area contributed by atoms with Crippen molar-refractivity contribution < 1.29 is 0 Å². The molecule has 0 spiro atoms. The van der Waals surface area contributed by atoms with E-state index in [0.29, 0.717) is 0 Å². The summed E-state index contributed by atoms with van der Waals surface area (Å²) in [6.45, 7) is 2.30. The first kappa shape index (κ1) is 21.4. The molecule has 6 rings (SSSR count). The van der Waals surface area contributed by atoms with E-state index in [2.05, 4.69) is 95.2 Å². The molecule has 1 nitrogen and oxygen atoms in total. The van der Waals surface area contributed by atoms with Crippen molar-refractivity contribution in [2.24, 2.45) is 4.99 Å². The van der Waals surface area contributed by atoms with Crippen LogP contribution >= 0.6 is 22.6 Å². The Bertz CT molecular complexity index is 1440. The maximum Gasteiger partial charge on any atom is 0.0270 e. The van der Waals surface area contributed by atoms with E-state index in [1.807, 2.05) is 18.5 Å².